The Labute approximate surface area is 124 Å². The van der Waals surface area contributed by atoms with Gasteiger partial charge < -0.3 is 15.7 Å². The molecule has 2 rings (SSSR count). The van der Waals surface area contributed by atoms with E-state index in [1.807, 2.05) is 0 Å². The molecule has 1 aliphatic carbocycles. The maximum absolute atomic E-state index is 12.0. The van der Waals surface area contributed by atoms with Gasteiger partial charge in [-0.2, -0.15) is 0 Å². The van der Waals surface area contributed by atoms with E-state index in [0.717, 1.165) is 19.3 Å². The number of aromatic nitrogens is 1. The standard InChI is InChI=1S/C15H21N3O3/c1-15(2)8-4-3-5-12(15)18-14(21)17-10-6-7-11(13(19)20)16-9-10/h6-7,9,12H,3-5,8H2,1-2H3,(H,19,20)(H2,17,18,21). The highest BCUT2D eigenvalue weighted by atomic mass is 16.4. The van der Waals surface area contributed by atoms with Crippen LogP contribution < -0.4 is 10.6 Å². The van der Waals surface area contributed by atoms with Gasteiger partial charge in [0, 0.05) is 6.04 Å². The van der Waals surface area contributed by atoms with Crippen LogP contribution in [0.15, 0.2) is 18.3 Å². The van der Waals surface area contributed by atoms with Gasteiger partial charge in [-0.05, 0) is 30.4 Å². The molecule has 0 spiro atoms. The molecule has 0 bridgehead atoms. The molecule has 0 aliphatic heterocycles. The van der Waals surface area contributed by atoms with Gasteiger partial charge in [0.25, 0.3) is 0 Å². The van der Waals surface area contributed by atoms with E-state index in [9.17, 15) is 9.59 Å². The van der Waals surface area contributed by atoms with E-state index in [1.165, 1.54) is 24.8 Å². The number of carboxylic acid groups (broad SMARTS) is 1. The lowest BCUT2D eigenvalue weighted by Crippen LogP contribution is -2.48. The van der Waals surface area contributed by atoms with E-state index in [2.05, 4.69) is 29.5 Å². The molecule has 6 heteroatoms. The summed E-state index contributed by atoms with van der Waals surface area (Å²) in [5, 5.41) is 14.5. The van der Waals surface area contributed by atoms with Gasteiger partial charge in [-0.3, -0.25) is 0 Å². The molecule has 21 heavy (non-hydrogen) atoms. The van der Waals surface area contributed by atoms with Crippen LogP contribution in [-0.4, -0.2) is 28.1 Å². The van der Waals surface area contributed by atoms with Crippen LogP contribution in [0.25, 0.3) is 0 Å². The van der Waals surface area contributed by atoms with Gasteiger partial charge >= 0.3 is 12.0 Å². The zero-order valence-electron chi connectivity index (χ0n) is 12.3. The predicted molar refractivity (Wildman–Crippen MR) is 79.4 cm³/mol. The highest BCUT2D eigenvalue weighted by Gasteiger charge is 2.33. The first kappa shape index (κ1) is 15.3. The fourth-order valence-corrected chi connectivity index (χ4v) is 2.68. The second-order valence-electron chi connectivity index (χ2n) is 6.12. The molecule has 1 fully saturated rings. The molecule has 0 radical (unpaired) electrons. The smallest absolute Gasteiger partial charge is 0.354 e. The van der Waals surface area contributed by atoms with Crippen LogP contribution in [-0.2, 0) is 0 Å². The number of urea groups is 1. The number of anilines is 1. The lowest BCUT2D eigenvalue weighted by atomic mass is 9.73. The van der Waals surface area contributed by atoms with E-state index in [-0.39, 0.29) is 23.2 Å². The van der Waals surface area contributed by atoms with Crippen LogP contribution in [0.1, 0.15) is 50.0 Å². The monoisotopic (exact) mass is 291 g/mol. The maximum Gasteiger partial charge on any atom is 0.354 e. The molecule has 1 saturated carbocycles. The molecule has 1 heterocycles. The van der Waals surface area contributed by atoms with E-state index in [0.29, 0.717) is 5.69 Å². The lowest BCUT2D eigenvalue weighted by Gasteiger charge is -2.38. The summed E-state index contributed by atoms with van der Waals surface area (Å²) in [4.78, 5) is 26.5. The molecule has 1 unspecified atom stereocenters. The molecule has 1 aromatic rings. The molecular formula is C15H21N3O3. The summed E-state index contributed by atoms with van der Waals surface area (Å²) in [5.41, 5.74) is 0.529. The molecule has 1 atom stereocenters. The number of carboxylic acids is 1. The average Bonchev–Trinajstić information content (AvgIpc) is 2.41. The van der Waals surface area contributed by atoms with E-state index in [1.54, 1.807) is 0 Å². The zero-order valence-corrected chi connectivity index (χ0v) is 12.3. The minimum absolute atomic E-state index is 0.0469. The summed E-state index contributed by atoms with van der Waals surface area (Å²) in [6.45, 7) is 4.33. The van der Waals surface area contributed by atoms with E-state index >= 15 is 0 Å². The van der Waals surface area contributed by atoms with Gasteiger partial charge in [-0.1, -0.05) is 26.7 Å². The largest absolute Gasteiger partial charge is 0.477 e. The number of carbonyl (C=O) groups excluding carboxylic acids is 1. The lowest BCUT2D eigenvalue weighted by molar-refractivity contribution is 0.0690. The Morgan fingerprint density at radius 2 is 2.10 bits per heavy atom. The second-order valence-corrected chi connectivity index (χ2v) is 6.12. The van der Waals surface area contributed by atoms with Gasteiger partial charge in [-0.15, -0.1) is 0 Å². The van der Waals surface area contributed by atoms with Crippen molar-refractivity contribution in [2.24, 2.45) is 5.41 Å². The Morgan fingerprint density at radius 1 is 1.33 bits per heavy atom. The Morgan fingerprint density at radius 3 is 2.67 bits per heavy atom. The SMILES string of the molecule is CC1(C)CCCCC1NC(=O)Nc1ccc(C(=O)O)nc1. The normalized spacial score (nSPS) is 20.6. The fraction of sp³-hybridized carbons (Fsp3) is 0.533. The van der Waals surface area contributed by atoms with Crippen molar-refractivity contribution in [2.75, 3.05) is 5.32 Å². The molecular weight excluding hydrogens is 270 g/mol. The van der Waals surface area contributed by atoms with Crippen LogP contribution in [0.2, 0.25) is 0 Å². The number of carbonyl (C=O) groups is 2. The van der Waals surface area contributed by atoms with Crippen LogP contribution >= 0.6 is 0 Å². The van der Waals surface area contributed by atoms with E-state index < -0.39 is 5.97 Å². The Bertz CT molecular complexity index is 525. The molecule has 1 aliphatic rings. The number of rotatable bonds is 3. The molecule has 114 valence electrons. The molecule has 6 nitrogen and oxygen atoms in total. The molecule has 3 N–H and O–H groups in total. The van der Waals surface area contributed by atoms with Gasteiger partial charge in [0.2, 0.25) is 0 Å². The van der Waals surface area contributed by atoms with Gasteiger partial charge in [0.15, 0.2) is 0 Å². The van der Waals surface area contributed by atoms with Crippen molar-refractivity contribution in [1.82, 2.24) is 10.3 Å². The summed E-state index contributed by atoms with van der Waals surface area (Å²) in [6.07, 6.45) is 5.76. The third kappa shape index (κ3) is 3.93. The highest BCUT2D eigenvalue weighted by Crippen LogP contribution is 2.35. The van der Waals surface area contributed by atoms with Gasteiger partial charge in [0.1, 0.15) is 5.69 Å². The van der Waals surface area contributed by atoms with Crippen molar-refractivity contribution in [1.29, 1.82) is 0 Å². The molecule has 0 saturated heterocycles. The number of nitrogens with zero attached hydrogens (tertiary/aromatic N) is 1. The number of nitrogens with one attached hydrogen (secondary N) is 2. The van der Waals surface area contributed by atoms with Crippen molar-refractivity contribution < 1.29 is 14.7 Å². The Hall–Kier alpha value is -2.11. The fourth-order valence-electron chi connectivity index (χ4n) is 2.68. The van der Waals surface area contributed by atoms with Crippen LogP contribution in [0.3, 0.4) is 0 Å². The summed E-state index contributed by atoms with van der Waals surface area (Å²) in [6, 6.07) is 2.77. The summed E-state index contributed by atoms with van der Waals surface area (Å²) in [5.74, 6) is -1.09. The van der Waals surface area contributed by atoms with Crippen molar-refractivity contribution in [3.05, 3.63) is 24.0 Å². The molecule has 1 aromatic heterocycles. The van der Waals surface area contributed by atoms with E-state index in [4.69, 9.17) is 5.11 Å². The topological polar surface area (TPSA) is 91.3 Å². The zero-order chi connectivity index (χ0) is 15.5. The quantitative estimate of drug-likeness (QED) is 0.798. The highest BCUT2D eigenvalue weighted by molar-refractivity contribution is 5.90. The Balaban J connectivity index is 1.93. The number of aromatic carboxylic acids is 1. The average molecular weight is 291 g/mol. The maximum atomic E-state index is 12.0. The van der Waals surface area contributed by atoms with Gasteiger partial charge in [0.05, 0.1) is 11.9 Å². The van der Waals surface area contributed by atoms with Crippen LogP contribution in [0, 0.1) is 5.41 Å². The molecule has 0 aromatic carbocycles. The number of hydrogen-bond acceptors (Lipinski definition) is 3. The van der Waals surface area contributed by atoms with Gasteiger partial charge in [-0.25, -0.2) is 14.6 Å². The first-order valence-corrected chi connectivity index (χ1v) is 7.15. The number of pyridine rings is 1. The number of amides is 2. The Kier molecular flexibility index (Phi) is 4.45. The van der Waals surface area contributed by atoms with Crippen molar-refractivity contribution in [2.45, 2.75) is 45.6 Å². The van der Waals surface area contributed by atoms with Crippen molar-refractivity contribution in [3.8, 4) is 0 Å². The third-order valence-corrected chi connectivity index (χ3v) is 4.05. The summed E-state index contributed by atoms with van der Waals surface area (Å²) < 4.78 is 0. The van der Waals surface area contributed by atoms with Crippen LogP contribution in [0.4, 0.5) is 10.5 Å². The number of hydrogen-bond donors (Lipinski definition) is 3. The summed E-state index contributed by atoms with van der Waals surface area (Å²) >= 11 is 0. The summed E-state index contributed by atoms with van der Waals surface area (Å²) in [7, 11) is 0. The third-order valence-electron chi connectivity index (χ3n) is 4.05. The van der Waals surface area contributed by atoms with Crippen molar-refractivity contribution >= 4 is 17.7 Å². The minimum Gasteiger partial charge on any atom is -0.477 e. The predicted octanol–water partition coefficient (Wildman–Crippen LogP) is 2.87. The first-order chi connectivity index (χ1) is 9.88. The second kappa shape index (κ2) is 6.11. The first-order valence-electron chi connectivity index (χ1n) is 7.15. The minimum atomic E-state index is -1.09. The molecule has 2 amide bonds. The van der Waals surface area contributed by atoms with Crippen molar-refractivity contribution in [3.63, 3.8) is 0 Å². The van der Waals surface area contributed by atoms with Crippen LogP contribution in [0.5, 0.6) is 0 Å².